The smallest absolute Gasteiger partial charge is 0.382 e. The van der Waals surface area contributed by atoms with Crippen LogP contribution in [0.5, 0.6) is 0 Å². The number of sulfone groups is 1. The Morgan fingerprint density at radius 2 is 1.95 bits per heavy atom. The molecule has 0 aliphatic carbocycles. The predicted octanol–water partition coefficient (Wildman–Crippen LogP) is 3.70. The van der Waals surface area contributed by atoms with Crippen molar-refractivity contribution in [2.24, 2.45) is 0 Å². The highest BCUT2D eigenvalue weighted by atomic mass is 79.9. The topological polar surface area (TPSA) is 46.2 Å². The summed E-state index contributed by atoms with van der Waals surface area (Å²) in [5.74, 6) is -0.117. The Morgan fingerprint density at radius 1 is 1.35 bits per heavy atom. The van der Waals surface area contributed by atoms with Crippen LogP contribution in [0.4, 0.5) is 18.9 Å². The summed E-state index contributed by atoms with van der Waals surface area (Å²) in [4.78, 5) is 0. The van der Waals surface area contributed by atoms with Gasteiger partial charge in [-0.25, -0.2) is 8.42 Å². The van der Waals surface area contributed by atoms with Crippen LogP contribution in [0.15, 0.2) is 22.7 Å². The summed E-state index contributed by atoms with van der Waals surface area (Å²) in [5.41, 5.74) is -0.563. The second-order valence-electron chi connectivity index (χ2n) is 4.44. The molecule has 3 nitrogen and oxygen atoms in total. The van der Waals surface area contributed by atoms with Gasteiger partial charge in [0.1, 0.15) is 0 Å². The predicted molar refractivity (Wildman–Crippen MR) is 76.6 cm³/mol. The third-order valence-electron chi connectivity index (χ3n) is 2.63. The number of rotatable bonds is 5. The maximum absolute atomic E-state index is 12.7. The molecule has 1 aromatic carbocycles. The van der Waals surface area contributed by atoms with E-state index in [4.69, 9.17) is 0 Å². The number of nitrogens with one attached hydrogen (secondary N) is 1. The van der Waals surface area contributed by atoms with Gasteiger partial charge in [0.15, 0.2) is 9.84 Å². The van der Waals surface area contributed by atoms with E-state index in [0.717, 1.165) is 6.07 Å². The highest BCUT2D eigenvalue weighted by Crippen LogP contribution is 2.36. The molecule has 1 rings (SSSR count). The molecule has 8 heteroatoms. The third kappa shape index (κ3) is 4.97. The molecule has 0 aromatic heterocycles. The van der Waals surface area contributed by atoms with Gasteiger partial charge in [0.05, 0.1) is 11.3 Å². The normalized spacial score (nSPS) is 14.1. The number of hydrogen-bond acceptors (Lipinski definition) is 3. The highest BCUT2D eigenvalue weighted by molar-refractivity contribution is 9.10. The molecule has 0 fully saturated rings. The Labute approximate surface area is 124 Å². The van der Waals surface area contributed by atoms with Gasteiger partial charge in [-0.3, -0.25) is 0 Å². The summed E-state index contributed by atoms with van der Waals surface area (Å²) < 4.78 is 61.1. The molecule has 0 saturated carbocycles. The molecule has 0 aliphatic rings. The van der Waals surface area contributed by atoms with E-state index in [0.29, 0.717) is 0 Å². The first kappa shape index (κ1) is 17.3. The fourth-order valence-electron chi connectivity index (χ4n) is 1.66. The van der Waals surface area contributed by atoms with Crippen LogP contribution in [0.1, 0.15) is 19.4 Å². The van der Waals surface area contributed by atoms with Gasteiger partial charge >= 0.3 is 6.18 Å². The minimum atomic E-state index is -4.46. The average molecular weight is 374 g/mol. The van der Waals surface area contributed by atoms with Crippen molar-refractivity contribution in [3.8, 4) is 0 Å². The maximum atomic E-state index is 12.7. The highest BCUT2D eigenvalue weighted by Gasteiger charge is 2.33. The lowest BCUT2D eigenvalue weighted by molar-refractivity contribution is -0.138. The Bertz CT molecular complexity index is 573. The molecular formula is C12H15BrF3NO2S. The van der Waals surface area contributed by atoms with Crippen molar-refractivity contribution in [2.45, 2.75) is 26.1 Å². The van der Waals surface area contributed by atoms with Crippen molar-refractivity contribution in [1.82, 2.24) is 0 Å². The molecule has 0 bridgehead atoms. The van der Waals surface area contributed by atoms with E-state index >= 15 is 0 Å². The van der Waals surface area contributed by atoms with Crippen molar-refractivity contribution in [2.75, 3.05) is 16.8 Å². The Morgan fingerprint density at radius 3 is 2.45 bits per heavy atom. The van der Waals surface area contributed by atoms with Gasteiger partial charge in [-0.1, -0.05) is 22.9 Å². The molecule has 1 N–H and O–H groups in total. The monoisotopic (exact) mass is 373 g/mol. The molecule has 0 saturated heterocycles. The summed E-state index contributed by atoms with van der Waals surface area (Å²) in [6.07, 6.45) is -4.46. The van der Waals surface area contributed by atoms with Crippen molar-refractivity contribution in [3.05, 3.63) is 28.2 Å². The van der Waals surface area contributed by atoms with Crippen LogP contribution in [0, 0.1) is 0 Å². The number of anilines is 1. The molecule has 1 atom stereocenters. The van der Waals surface area contributed by atoms with E-state index in [1.165, 1.54) is 19.1 Å². The molecule has 0 heterocycles. The molecule has 1 aromatic rings. The average Bonchev–Trinajstić information content (AvgIpc) is 2.29. The number of halogens is 4. The quantitative estimate of drug-likeness (QED) is 0.855. The lowest BCUT2D eigenvalue weighted by Gasteiger charge is -2.17. The zero-order valence-electron chi connectivity index (χ0n) is 11.0. The first-order valence-corrected chi connectivity index (χ1v) is 8.50. The number of benzene rings is 1. The minimum Gasteiger partial charge on any atom is -0.382 e. The molecule has 20 heavy (non-hydrogen) atoms. The van der Waals surface area contributed by atoms with Crippen molar-refractivity contribution < 1.29 is 21.6 Å². The van der Waals surface area contributed by atoms with Crippen LogP contribution in [0.2, 0.25) is 0 Å². The summed E-state index contributed by atoms with van der Waals surface area (Å²) in [7, 11) is -3.18. The van der Waals surface area contributed by atoms with Crippen LogP contribution < -0.4 is 5.32 Å². The first-order chi connectivity index (χ1) is 9.05. The second kappa shape index (κ2) is 6.34. The zero-order chi connectivity index (χ0) is 15.6. The van der Waals surface area contributed by atoms with Crippen LogP contribution in [0.3, 0.4) is 0 Å². The molecule has 0 spiro atoms. The van der Waals surface area contributed by atoms with Crippen LogP contribution in [-0.2, 0) is 16.0 Å². The minimum absolute atomic E-state index is 0.00710. The molecule has 0 radical (unpaired) electrons. The van der Waals surface area contributed by atoms with Gasteiger partial charge in [-0.15, -0.1) is 0 Å². The zero-order valence-corrected chi connectivity index (χ0v) is 13.4. The maximum Gasteiger partial charge on any atom is 0.417 e. The van der Waals surface area contributed by atoms with Crippen LogP contribution >= 0.6 is 15.9 Å². The van der Waals surface area contributed by atoms with E-state index < -0.39 is 27.6 Å². The van der Waals surface area contributed by atoms with Gasteiger partial charge < -0.3 is 5.32 Å². The van der Waals surface area contributed by atoms with Gasteiger partial charge in [0, 0.05) is 22.0 Å². The first-order valence-electron chi connectivity index (χ1n) is 5.89. The largest absolute Gasteiger partial charge is 0.417 e. The van der Waals surface area contributed by atoms with Crippen LogP contribution in [0.25, 0.3) is 0 Å². The fourth-order valence-corrected chi connectivity index (χ4v) is 3.21. The van der Waals surface area contributed by atoms with Gasteiger partial charge in [-0.05, 0) is 25.1 Å². The van der Waals surface area contributed by atoms with Crippen molar-refractivity contribution in [3.63, 3.8) is 0 Å². The molecule has 114 valence electrons. The van der Waals surface area contributed by atoms with Gasteiger partial charge in [0.2, 0.25) is 0 Å². The number of hydrogen-bond donors (Lipinski definition) is 1. The van der Waals surface area contributed by atoms with E-state index in [2.05, 4.69) is 21.2 Å². The molecule has 0 amide bonds. The third-order valence-corrected chi connectivity index (χ3v) is 5.21. The second-order valence-corrected chi connectivity index (χ2v) is 7.69. The van der Waals surface area contributed by atoms with E-state index in [9.17, 15) is 21.6 Å². The molecular weight excluding hydrogens is 359 g/mol. The summed E-state index contributed by atoms with van der Waals surface area (Å²) >= 11 is 2.85. The summed E-state index contributed by atoms with van der Waals surface area (Å²) in [5, 5.41) is 2.77. The molecule has 1 unspecified atom stereocenters. The van der Waals surface area contributed by atoms with Gasteiger partial charge in [-0.2, -0.15) is 13.2 Å². The fraction of sp³-hybridized carbons (Fsp3) is 0.500. The van der Waals surface area contributed by atoms with Gasteiger partial charge in [0.25, 0.3) is 0 Å². The SMILES string of the molecule is CCS(=O)(=O)CC(C)Nc1ccc(Br)c(C(F)(F)F)c1. The van der Waals surface area contributed by atoms with E-state index in [1.54, 1.807) is 6.92 Å². The Hall–Kier alpha value is -0.760. The Kier molecular flexibility index (Phi) is 5.48. The van der Waals surface area contributed by atoms with E-state index in [-0.39, 0.29) is 21.7 Å². The lowest BCUT2D eigenvalue weighted by Crippen LogP contribution is -2.26. The number of alkyl halides is 3. The lowest BCUT2D eigenvalue weighted by atomic mass is 10.2. The van der Waals surface area contributed by atoms with Crippen LogP contribution in [-0.4, -0.2) is 26.0 Å². The Balaban J connectivity index is 2.89. The van der Waals surface area contributed by atoms with Crippen molar-refractivity contribution >= 4 is 31.5 Å². The summed E-state index contributed by atoms with van der Waals surface area (Å²) in [6, 6.07) is 3.24. The van der Waals surface area contributed by atoms with Crippen molar-refractivity contribution in [1.29, 1.82) is 0 Å². The summed E-state index contributed by atoms with van der Waals surface area (Å²) in [6.45, 7) is 3.14. The van der Waals surface area contributed by atoms with E-state index in [1.807, 2.05) is 0 Å². The molecule has 0 aliphatic heterocycles. The standard InChI is InChI=1S/C12H15BrF3NO2S/c1-3-20(18,19)7-8(2)17-9-4-5-11(13)10(6-9)12(14,15)16/h4-6,8,17H,3,7H2,1-2H3.